The summed E-state index contributed by atoms with van der Waals surface area (Å²) >= 11 is 0. The van der Waals surface area contributed by atoms with Gasteiger partial charge in [-0.05, 0) is 42.4 Å². The third-order valence-electron chi connectivity index (χ3n) is 5.83. The van der Waals surface area contributed by atoms with Crippen LogP contribution in [-0.2, 0) is 25.7 Å². The highest BCUT2D eigenvalue weighted by atomic mass is 16.6. The number of carbonyl (C=O) groups is 5. The minimum Gasteiger partial charge on any atom is -0.445 e. The predicted octanol–water partition coefficient (Wildman–Crippen LogP) is 0.620. The average molecular weight is 536 g/mol. The lowest BCUT2D eigenvalue weighted by molar-refractivity contribution is -0.128. The number of hydrogen-bond acceptors (Lipinski definition) is 7. The SMILES string of the molecule is CC(C)C(N)C(=O)NC(CCCNC(N)=O)C(=O)Nc1ccc(COC(=O)N(C)C(C(N)=O)C(C)C)cc1. The molecule has 0 spiro atoms. The van der Waals surface area contributed by atoms with Gasteiger partial charge in [0, 0.05) is 19.3 Å². The Kier molecular flexibility index (Phi) is 13.0. The molecule has 13 heteroatoms. The number of urea groups is 1. The number of rotatable bonds is 14. The Balaban J connectivity index is 2.78. The number of benzene rings is 1. The molecule has 9 N–H and O–H groups in total. The maximum absolute atomic E-state index is 12.9. The molecule has 0 aliphatic heterocycles. The fraction of sp³-hybridized carbons (Fsp3) is 0.560. The molecule has 0 saturated heterocycles. The van der Waals surface area contributed by atoms with Gasteiger partial charge in [0.05, 0.1) is 6.04 Å². The van der Waals surface area contributed by atoms with E-state index in [9.17, 15) is 24.0 Å². The molecule has 3 atom stereocenters. The van der Waals surface area contributed by atoms with Crippen LogP contribution in [0.15, 0.2) is 24.3 Å². The van der Waals surface area contributed by atoms with Crippen molar-refractivity contribution >= 4 is 35.5 Å². The molecule has 1 aromatic rings. The number of carbonyl (C=O) groups excluding carboxylic acids is 5. The van der Waals surface area contributed by atoms with Crippen molar-refractivity contribution in [2.45, 2.75) is 65.3 Å². The minimum absolute atomic E-state index is 0.0559. The van der Waals surface area contributed by atoms with Gasteiger partial charge >= 0.3 is 12.1 Å². The van der Waals surface area contributed by atoms with Gasteiger partial charge in [-0.25, -0.2) is 9.59 Å². The number of primary amides is 2. The van der Waals surface area contributed by atoms with Crippen LogP contribution in [-0.4, -0.2) is 66.5 Å². The Morgan fingerprint density at radius 3 is 2.05 bits per heavy atom. The summed E-state index contributed by atoms with van der Waals surface area (Å²) in [7, 11) is 1.45. The summed E-state index contributed by atoms with van der Waals surface area (Å²) < 4.78 is 5.28. The number of amides is 6. The molecular formula is C25H41N7O6. The second-order valence-corrected chi connectivity index (χ2v) is 9.71. The number of likely N-dealkylation sites (N-methyl/N-ethyl adjacent to an activating group) is 1. The lowest BCUT2D eigenvalue weighted by Gasteiger charge is -2.27. The monoisotopic (exact) mass is 535 g/mol. The Hall–Kier alpha value is -3.87. The molecule has 1 aromatic carbocycles. The largest absolute Gasteiger partial charge is 0.445 e. The summed E-state index contributed by atoms with van der Waals surface area (Å²) in [6.45, 7) is 7.34. The van der Waals surface area contributed by atoms with Crippen molar-refractivity contribution < 1.29 is 28.7 Å². The van der Waals surface area contributed by atoms with Crippen LogP contribution in [0.3, 0.4) is 0 Å². The second-order valence-electron chi connectivity index (χ2n) is 9.71. The molecule has 0 bridgehead atoms. The van der Waals surface area contributed by atoms with E-state index in [0.29, 0.717) is 17.7 Å². The molecule has 0 aliphatic carbocycles. The van der Waals surface area contributed by atoms with Gasteiger partial charge in [0.2, 0.25) is 17.7 Å². The Morgan fingerprint density at radius 2 is 1.55 bits per heavy atom. The molecule has 212 valence electrons. The van der Waals surface area contributed by atoms with Crippen LogP contribution in [0.4, 0.5) is 15.3 Å². The predicted molar refractivity (Wildman–Crippen MR) is 142 cm³/mol. The van der Waals surface area contributed by atoms with Crippen molar-refractivity contribution in [3.05, 3.63) is 29.8 Å². The zero-order chi connectivity index (χ0) is 29.0. The number of anilines is 1. The number of hydrogen-bond donors (Lipinski definition) is 6. The average Bonchev–Trinajstić information content (AvgIpc) is 2.83. The standard InChI is InChI=1S/C25H41N7O6/c1-14(2)19(26)23(35)31-18(7-6-12-29-24(28)36)22(34)30-17-10-8-16(9-11-17)13-38-25(37)32(5)20(15(3)4)21(27)33/h8-11,14-15,18-20H,6-7,12-13,26H2,1-5H3,(H2,27,33)(H,30,34)(H,31,35)(H3,28,29,36). The first-order chi connectivity index (χ1) is 17.7. The molecule has 0 fully saturated rings. The van der Waals surface area contributed by atoms with E-state index in [-0.39, 0.29) is 31.4 Å². The number of nitrogens with two attached hydrogens (primary N) is 3. The van der Waals surface area contributed by atoms with Gasteiger partial charge in [0.15, 0.2) is 0 Å². The van der Waals surface area contributed by atoms with Crippen molar-refractivity contribution in [2.75, 3.05) is 18.9 Å². The highest BCUT2D eigenvalue weighted by Gasteiger charge is 2.29. The van der Waals surface area contributed by atoms with Crippen molar-refractivity contribution in [2.24, 2.45) is 29.0 Å². The van der Waals surface area contributed by atoms with Crippen molar-refractivity contribution in [1.82, 2.24) is 15.5 Å². The first-order valence-corrected chi connectivity index (χ1v) is 12.4. The molecule has 13 nitrogen and oxygen atoms in total. The van der Waals surface area contributed by atoms with Gasteiger partial charge in [0.25, 0.3) is 0 Å². The quantitative estimate of drug-likeness (QED) is 0.187. The number of nitrogens with zero attached hydrogens (tertiary/aromatic N) is 1. The van der Waals surface area contributed by atoms with Gasteiger partial charge in [-0.15, -0.1) is 0 Å². The summed E-state index contributed by atoms with van der Waals surface area (Å²) in [6.07, 6.45) is -0.0546. The lowest BCUT2D eigenvalue weighted by Crippen LogP contribution is -2.51. The van der Waals surface area contributed by atoms with Crippen LogP contribution < -0.4 is 33.2 Å². The zero-order valence-corrected chi connectivity index (χ0v) is 22.7. The summed E-state index contributed by atoms with van der Waals surface area (Å²) in [5.74, 6) is -1.84. The van der Waals surface area contributed by atoms with Gasteiger partial charge in [-0.1, -0.05) is 39.8 Å². The summed E-state index contributed by atoms with van der Waals surface area (Å²) in [5.41, 5.74) is 17.5. The van der Waals surface area contributed by atoms with Crippen LogP contribution >= 0.6 is 0 Å². The summed E-state index contributed by atoms with van der Waals surface area (Å²) in [4.78, 5) is 61.4. The van der Waals surface area contributed by atoms with Crippen molar-refractivity contribution in [1.29, 1.82) is 0 Å². The van der Waals surface area contributed by atoms with Crippen LogP contribution in [0.1, 0.15) is 46.1 Å². The van der Waals surface area contributed by atoms with E-state index in [2.05, 4.69) is 16.0 Å². The van der Waals surface area contributed by atoms with Crippen molar-refractivity contribution in [3.63, 3.8) is 0 Å². The van der Waals surface area contributed by atoms with Crippen LogP contribution in [0.5, 0.6) is 0 Å². The van der Waals surface area contributed by atoms with E-state index in [1.54, 1.807) is 52.0 Å². The van der Waals surface area contributed by atoms with Crippen LogP contribution in [0.2, 0.25) is 0 Å². The van der Waals surface area contributed by atoms with E-state index in [1.807, 2.05) is 0 Å². The summed E-state index contributed by atoms with van der Waals surface area (Å²) in [6, 6.07) is 3.42. The highest BCUT2D eigenvalue weighted by Crippen LogP contribution is 2.14. The van der Waals surface area contributed by atoms with Gasteiger partial charge < -0.3 is 37.9 Å². The normalized spacial score (nSPS) is 13.3. The first kappa shape index (κ1) is 32.2. The smallest absolute Gasteiger partial charge is 0.410 e. The molecule has 0 heterocycles. The molecule has 0 aromatic heterocycles. The fourth-order valence-corrected chi connectivity index (χ4v) is 3.60. The Morgan fingerprint density at radius 1 is 0.947 bits per heavy atom. The van der Waals surface area contributed by atoms with Crippen molar-refractivity contribution in [3.8, 4) is 0 Å². The molecule has 6 amide bonds. The first-order valence-electron chi connectivity index (χ1n) is 12.4. The van der Waals surface area contributed by atoms with E-state index in [1.165, 1.54) is 11.9 Å². The summed E-state index contributed by atoms with van der Waals surface area (Å²) in [5, 5.41) is 7.85. The molecule has 1 rings (SSSR count). The van der Waals surface area contributed by atoms with Gasteiger partial charge in [0.1, 0.15) is 18.7 Å². The zero-order valence-electron chi connectivity index (χ0n) is 22.7. The van der Waals surface area contributed by atoms with Crippen LogP contribution in [0, 0.1) is 11.8 Å². The Bertz CT molecular complexity index is 967. The minimum atomic E-state index is -0.891. The molecule has 3 unspecified atom stereocenters. The number of ether oxygens (including phenoxy) is 1. The Labute approximate surface area is 223 Å². The molecular weight excluding hydrogens is 494 g/mol. The third kappa shape index (κ3) is 10.6. The molecule has 0 aliphatic rings. The second kappa shape index (κ2) is 15.4. The highest BCUT2D eigenvalue weighted by molar-refractivity contribution is 5.97. The molecule has 0 radical (unpaired) electrons. The molecule has 0 saturated carbocycles. The molecule has 38 heavy (non-hydrogen) atoms. The van der Waals surface area contributed by atoms with E-state index >= 15 is 0 Å². The maximum atomic E-state index is 12.9. The van der Waals surface area contributed by atoms with E-state index in [4.69, 9.17) is 21.9 Å². The fourth-order valence-electron chi connectivity index (χ4n) is 3.60. The van der Waals surface area contributed by atoms with Crippen LogP contribution in [0.25, 0.3) is 0 Å². The van der Waals surface area contributed by atoms with Gasteiger partial charge in [-0.3, -0.25) is 19.3 Å². The van der Waals surface area contributed by atoms with E-state index in [0.717, 1.165) is 0 Å². The lowest BCUT2D eigenvalue weighted by atomic mass is 10.0. The third-order valence-corrected chi connectivity index (χ3v) is 5.83. The van der Waals surface area contributed by atoms with Gasteiger partial charge in [-0.2, -0.15) is 0 Å². The topological polar surface area (TPSA) is 212 Å². The number of nitrogens with one attached hydrogen (secondary N) is 3. The maximum Gasteiger partial charge on any atom is 0.410 e. The van der Waals surface area contributed by atoms with E-state index < -0.39 is 48.0 Å².